The maximum absolute atomic E-state index is 13.3. The molecule has 2 aromatic carbocycles. The van der Waals surface area contributed by atoms with Crippen molar-refractivity contribution in [2.75, 3.05) is 7.11 Å². The van der Waals surface area contributed by atoms with Gasteiger partial charge in [0.2, 0.25) is 0 Å². The van der Waals surface area contributed by atoms with E-state index >= 15 is 0 Å². The third-order valence-electron chi connectivity index (χ3n) is 3.54. The summed E-state index contributed by atoms with van der Waals surface area (Å²) in [6.07, 6.45) is 0. The van der Waals surface area contributed by atoms with Crippen LogP contribution in [0.5, 0.6) is 5.75 Å². The van der Waals surface area contributed by atoms with Gasteiger partial charge in [-0.15, -0.1) is 0 Å². The molecule has 0 saturated heterocycles. The average Bonchev–Trinajstić information content (AvgIpc) is 2.46. The van der Waals surface area contributed by atoms with Crippen molar-refractivity contribution >= 4 is 11.6 Å². The van der Waals surface area contributed by atoms with E-state index in [1.54, 1.807) is 19.2 Å². The van der Waals surface area contributed by atoms with Gasteiger partial charge in [-0.25, -0.2) is 9.82 Å². The van der Waals surface area contributed by atoms with Gasteiger partial charge in [-0.05, 0) is 54.3 Å². The summed E-state index contributed by atoms with van der Waals surface area (Å²) in [5, 5.41) is 0.0793. The zero-order valence-corrected chi connectivity index (χ0v) is 13.0. The van der Waals surface area contributed by atoms with E-state index in [9.17, 15) is 4.39 Å². The van der Waals surface area contributed by atoms with Gasteiger partial charge in [0.15, 0.2) is 0 Å². The van der Waals surface area contributed by atoms with Gasteiger partial charge in [-0.1, -0.05) is 23.7 Å². The number of nitrogens with one attached hydrogen (secondary N) is 1. The molecule has 0 amide bonds. The third kappa shape index (κ3) is 3.18. The highest BCUT2D eigenvalue weighted by atomic mass is 35.5. The van der Waals surface area contributed by atoms with Gasteiger partial charge in [0.1, 0.15) is 11.6 Å². The number of aryl methyl sites for hydroxylation is 2. The Morgan fingerprint density at radius 2 is 1.90 bits per heavy atom. The lowest BCUT2D eigenvalue weighted by molar-refractivity contribution is 0.411. The Morgan fingerprint density at radius 3 is 2.48 bits per heavy atom. The largest absolute Gasteiger partial charge is 0.496 e. The van der Waals surface area contributed by atoms with Crippen molar-refractivity contribution in [1.82, 2.24) is 5.43 Å². The number of nitrogens with two attached hydrogens (primary N) is 1. The first kappa shape index (κ1) is 15.8. The number of rotatable bonds is 4. The van der Waals surface area contributed by atoms with Crippen LogP contribution >= 0.6 is 11.6 Å². The molecule has 1 unspecified atom stereocenters. The molecule has 2 rings (SSSR count). The van der Waals surface area contributed by atoms with Crippen molar-refractivity contribution in [2.24, 2.45) is 5.84 Å². The highest BCUT2D eigenvalue weighted by Crippen LogP contribution is 2.31. The van der Waals surface area contributed by atoms with E-state index in [0.717, 1.165) is 28.0 Å². The summed E-state index contributed by atoms with van der Waals surface area (Å²) in [5.41, 5.74) is 6.60. The number of hydrogen-bond donors (Lipinski definition) is 2. The van der Waals surface area contributed by atoms with Crippen LogP contribution < -0.4 is 16.0 Å². The molecule has 0 radical (unpaired) electrons. The van der Waals surface area contributed by atoms with Crippen LogP contribution in [0.3, 0.4) is 0 Å². The summed E-state index contributed by atoms with van der Waals surface area (Å²) >= 11 is 5.86. The Morgan fingerprint density at radius 1 is 1.19 bits per heavy atom. The second-order valence-corrected chi connectivity index (χ2v) is 5.36. The minimum absolute atomic E-state index is 0.0793. The smallest absolute Gasteiger partial charge is 0.141 e. The van der Waals surface area contributed by atoms with Crippen LogP contribution in [0.25, 0.3) is 0 Å². The van der Waals surface area contributed by atoms with Gasteiger partial charge < -0.3 is 4.74 Å². The first-order valence-corrected chi connectivity index (χ1v) is 6.92. The Hall–Kier alpha value is -1.62. The van der Waals surface area contributed by atoms with Crippen molar-refractivity contribution in [3.8, 4) is 5.75 Å². The molecule has 0 bridgehead atoms. The Balaban J connectivity index is 2.50. The molecule has 5 heteroatoms. The standard InChI is InChI=1S/C16H18ClFN2O/c1-9-7-15(21-3)10(2)6-12(9)16(20-19)11-4-5-14(18)13(17)8-11/h4-8,16,20H,19H2,1-3H3. The predicted octanol–water partition coefficient (Wildman–Crippen LogP) is 3.66. The zero-order chi connectivity index (χ0) is 15.6. The van der Waals surface area contributed by atoms with Crippen molar-refractivity contribution in [3.05, 3.63) is 63.4 Å². The SMILES string of the molecule is COc1cc(C)c(C(NN)c2ccc(F)c(Cl)c2)cc1C. The van der Waals surface area contributed by atoms with Gasteiger partial charge in [0.05, 0.1) is 18.2 Å². The summed E-state index contributed by atoms with van der Waals surface area (Å²) in [6, 6.07) is 8.29. The van der Waals surface area contributed by atoms with Gasteiger partial charge in [0.25, 0.3) is 0 Å². The number of hydrogen-bond acceptors (Lipinski definition) is 3. The van der Waals surface area contributed by atoms with E-state index in [0.29, 0.717) is 0 Å². The van der Waals surface area contributed by atoms with E-state index in [4.69, 9.17) is 22.2 Å². The Labute approximate surface area is 128 Å². The van der Waals surface area contributed by atoms with Crippen LogP contribution in [0.2, 0.25) is 5.02 Å². The lowest BCUT2D eigenvalue weighted by Crippen LogP contribution is -2.29. The van der Waals surface area contributed by atoms with Crippen LogP contribution in [0, 0.1) is 19.7 Å². The molecule has 0 aromatic heterocycles. The molecule has 0 aliphatic heterocycles. The summed E-state index contributed by atoms with van der Waals surface area (Å²) in [4.78, 5) is 0. The molecule has 112 valence electrons. The summed E-state index contributed by atoms with van der Waals surface area (Å²) < 4.78 is 18.6. The highest BCUT2D eigenvalue weighted by Gasteiger charge is 2.17. The van der Waals surface area contributed by atoms with Gasteiger partial charge in [-0.3, -0.25) is 5.84 Å². The first-order valence-electron chi connectivity index (χ1n) is 6.54. The lowest BCUT2D eigenvalue weighted by atomic mass is 9.93. The van der Waals surface area contributed by atoms with E-state index in [-0.39, 0.29) is 11.1 Å². The van der Waals surface area contributed by atoms with Crippen LogP contribution in [0.15, 0.2) is 30.3 Å². The molecule has 0 saturated carbocycles. The number of benzene rings is 2. The van der Waals surface area contributed by atoms with Crippen LogP contribution in [-0.4, -0.2) is 7.11 Å². The number of methoxy groups -OCH3 is 1. The van der Waals surface area contributed by atoms with Crippen molar-refractivity contribution in [2.45, 2.75) is 19.9 Å². The molecule has 3 N–H and O–H groups in total. The minimum Gasteiger partial charge on any atom is -0.496 e. The molecule has 0 aliphatic carbocycles. The monoisotopic (exact) mass is 308 g/mol. The molecule has 1 atom stereocenters. The van der Waals surface area contributed by atoms with Gasteiger partial charge >= 0.3 is 0 Å². The fourth-order valence-corrected chi connectivity index (χ4v) is 2.59. The Kier molecular flexibility index (Phi) is 4.83. The van der Waals surface area contributed by atoms with Crippen LogP contribution in [0.4, 0.5) is 4.39 Å². The number of ether oxygens (including phenoxy) is 1. The van der Waals surface area contributed by atoms with E-state index < -0.39 is 5.82 Å². The second-order valence-electron chi connectivity index (χ2n) is 4.95. The summed E-state index contributed by atoms with van der Waals surface area (Å²) in [6.45, 7) is 3.94. The molecular formula is C16H18ClFN2O. The van der Waals surface area contributed by atoms with Crippen LogP contribution in [0.1, 0.15) is 28.3 Å². The van der Waals surface area contributed by atoms with E-state index in [1.165, 1.54) is 6.07 Å². The molecule has 21 heavy (non-hydrogen) atoms. The second kappa shape index (κ2) is 6.43. The maximum atomic E-state index is 13.3. The molecule has 2 aromatic rings. The highest BCUT2D eigenvalue weighted by molar-refractivity contribution is 6.30. The minimum atomic E-state index is -0.446. The third-order valence-corrected chi connectivity index (χ3v) is 3.83. The molecule has 0 spiro atoms. The molecule has 3 nitrogen and oxygen atoms in total. The average molecular weight is 309 g/mol. The first-order chi connectivity index (χ1) is 9.97. The Bertz CT molecular complexity index is 661. The molecule has 0 fully saturated rings. The fraction of sp³-hybridized carbons (Fsp3) is 0.250. The topological polar surface area (TPSA) is 47.3 Å². The molecule has 0 aliphatic rings. The van der Waals surface area contributed by atoms with Gasteiger partial charge in [-0.2, -0.15) is 0 Å². The summed E-state index contributed by atoms with van der Waals surface area (Å²) in [7, 11) is 1.64. The zero-order valence-electron chi connectivity index (χ0n) is 12.2. The normalized spacial score (nSPS) is 12.3. The van der Waals surface area contributed by atoms with Gasteiger partial charge in [0, 0.05) is 0 Å². The van der Waals surface area contributed by atoms with E-state index in [2.05, 4.69) is 5.43 Å². The maximum Gasteiger partial charge on any atom is 0.141 e. The quantitative estimate of drug-likeness (QED) is 0.669. The predicted molar refractivity (Wildman–Crippen MR) is 83.0 cm³/mol. The van der Waals surface area contributed by atoms with E-state index in [1.807, 2.05) is 26.0 Å². The molecule has 0 heterocycles. The number of halogens is 2. The number of hydrazine groups is 1. The lowest BCUT2D eigenvalue weighted by Gasteiger charge is -2.21. The summed E-state index contributed by atoms with van der Waals surface area (Å²) in [5.74, 6) is 6.07. The van der Waals surface area contributed by atoms with Crippen LogP contribution in [-0.2, 0) is 0 Å². The molecular weight excluding hydrogens is 291 g/mol. The fourth-order valence-electron chi connectivity index (χ4n) is 2.40. The van der Waals surface area contributed by atoms with Crippen molar-refractivity contribution in [3.63, 3.8) is 0 Å². The van der Waals surface area contributed by atoms with Crippen molar-refractivity contribution in [1.29, 1.82) is 0 Å². The van der Waals surface area contributed by atoms with Crippen molar-refractivity contribution < 1.29 is 9.13 Å².